The van der Waals surface area contributed by atoms with E-state index >= 15 is 0 Å². The molecule has 4 nitrogen and oxygen atoms in total. The molecule has 3 aromatic rings. The fourth-order valence-corrected chi connectivity index (χ4v) is 2.37. The summed E-state index contributed by atoms with van der Waals surface area (Å²) in [6.07, 6.45) is 0. The first-order valence-corrected chi connectivity index (χ1v) is 7.37. The van der Waals surface area contributed by atoms with Crippen LogP contribution in [0.3, 0.4) is 0 Å². The van der Waals surface area contributed by atoms with Gasteiger partial charge in [-0.25, -0.2) is 4.98 Å². The smallest absolute Gasteiger partial charge is 0.225 e. The zero-order valence-corrected chi connectivity index (χ0v) is 13.2. The van der Waals surface area contributed by atoms with Crippen LogP contribution < -0.4 is 10.2 Å². The van der Waals surface area contributed by atoms with E-state index in [9.17, 15) is 0 Å². The van der Waals surface area contributed by atoms with Crippen molar-refractivity contribution >= 4 is 22.7 Å². The van der Waals surface area contributed by atoms with E-state index in [1.54, 1.807) is 0 Å². The molecule has 0 aliphatic carbocycles. The van der Waals surface area contributed by atoms with Crippen LogP contribution in [-0.2, 0) is 6.54 Å². The first-order valence-electron chi connectivity index (χ1n) is 7.37. The molecule has 0 amide bonds. The van der Waals surface area contributed by atoms with Crippen LogP contribution in [0.15, 0.2) is 48.5 Å². The van der Waals surface area contributed by atoms with E-state index in [0.717, 1.165) is 16.7 Å². The molecule has 0 atom stereocenters. The van der Waals surface area contributed by atoms with Crippen LogP contribution >= 0.6 is 0 Å². The first kappa shape index (κ1) is 14.3. The minimum atomic E-state index is 0.656. The van der Waals surface area contributed by atoms with Crippen molar-refractivity contribution in [1.29, 1.82) is 0 Å². The van der Waals surface area contributed by atoms with Gasteiger partial charge in [-0.2, -0.15) is 4.98 Å². The number of aromatic nitrogens is 2. The Balaban J connectivity index is 1.89. The number of aryl methyl sites for hydroxylation is 1. The molecule has 0 spiro atoms. The third-order valence-electron chi connectivity index (χ3n) is 3.58. The SMILES string of the molecule is Cc1ccc(CNc2nc(N(C)C)c3ccccc3n2)cc1. The van der Waals surface area contributed by atoms with Gasteiger partial charge >= 0.3 is 0 Å². The maximum Gasteiger partial charge on any atom is 0.225 e. The van der Waals surface area contributed by atoms with Gasteiger partial charge < -0.3 is 10.2 Å². The van der Waals surface area contributed by atoms with Crippen LogP contribution in [-0.4, -0.2) is 24.1 Å². The van der Waals surface area contributed by atoms with E-state index in [-0.39, 0.29) is 0 Å². The van der Waals surface area contributed by atoms with Crippen LogP contribution in [0, 0.1) is 6.92 Å². The summed E-state index contributed by atoms with van der Waals surface area (Å²) in [5, 5.41) is 4.38. The summed E-state index contributed by atoms with van der Waals surface area (Å²) in [5.74, 6) is 1.58. The van der Waals surface area contributed by atoms with Gasteiger partial charge in [0.05, 0.1) is 5.52 Å². The zero-order valence-electron chi connectivity index (χ0n) is 13.2. The van der Waals surface area contributed by atoms with Gasteiger partial charge in [0.2, 0.25) is 5.95 Å². The second kappa shape index (κ2) is 6.02. The van der Waals surface area contributed by atoms with E-state index < -0.39 is 0 Å². The molecule has 2 aromatic carbocycles. The second-order valence-electron chi connectivity index (χ2n) is 5.62. The standard InChI is InChI=1S/C18H20N4/c1-13-8-10-14(11-9-13)12-19-18-20-16-7-5-4-6-15(16)17(21-18)22(2)3/h4-11H,12H2,1-3H3,(H,19,20,21). The number of rotatable bonds is 4. The molecule has 112 valence electrons. The number of benzene rings is 2. The van der Waals surface area contributed by atoms with Crippen molar-refractivity contribution in [2.24, 2.45) is 0 Å². The van der Waals surface area contributed by atoms with Gasteiger partial charge in [-0.15, -0.1) is 0 Å². The highest BCUT2D eigenvalue weighted by Gasteiger charge is 2.08. The quantitative estimate of drug-likeness (QED) is 0.797. The normalized spacial score (nSPS) is 10.7. The summed E-state index contributed by atoms with van der Waals surface area (Å²) in [6.45, 7) is 2.80. The topological polar surface area (TPSA) is 41.1 Å². The number of fused-ring (bicyclic) bond motifs is 1. The molecule has 0 fully saturated rings. The van der Waals surface area contributed by atoms with Crippen LogP contribution in [0.1, 0.15) is 11.1 Å². The van der Waals surface area contributed by atoms with E-state index in [2.05, 4.69) is 52.5 Å². The van der Waals surface area contributed by atoms with Gasteiger partial charge in [0, 0.05) is 26.0 Å². The Labute approximate surface area is 130 Å². The highest BCUT2D eigenvalue weighted by molar-refractivity contribution is 5.90. The predicted molar refractivity (Wildman–Crippen MR) is 92.4 cm³/mol. The summed E-state index contributed by atoms with van der Waals surface area (Å²) in [6, 6.07) is 16.5. The zero-order chi connectivity index (χ0) is 15.5. The number of nitrogens with zero attached hydrogens (tertiary/aromatic N) is 3. The molecule has 3 rings (SSSR count). The lowest BCUT2D eigenvalue weighted by Gasteiger charge is -2.15. The minimum Gasteiger partial charge on any atom is -0.362 e. The monoisotopic (exact) mass is 292 g/mol. The van der Waals surface area contributed by atoms with Crippen molar-refractivity contribution in [3.63, 3.8) is 0 Å². The third-order valence-corrected chi connectivity index (χ3v) is 3.58. The van der Waals surface area contributed by atoms with Gasteiger partial charge in [-0.05, 0) is 24.6 Å². The van der Waals surface area contributed by atoms with Crippen LogP contribution in [0.4, 0.5) is 11.8 Å². The van der Waals surface area contributed by atoms with Crippen molar-refractivity contribution < 1.29 is 0 Å². The van der Waals surface area contributed by atoms with E-state index in [1.807, 2.05) is 37.2 Å². The minimum absolute atomic E-state index is 0.656. The molecule has 0 radical (unpaired) electrons. The van der Waals surface area contributed by atoms with Crippen molar-refractivity contribution in [2.75, 3.05) is 24.3 Å². The lowest BCUT2D eigenvalue weighted by Crippen LogP contribution is -2.13. The van der Waals surface area contributed by atoms with Crippen molar-refractivity contribution in [2.45, 2.75) is 13.5 Å². The molecule has 1 heterocycles. The molecule has 0 aliphatic rings. The van der Waals surface area contributed by atoms with Crippen LogP contribution in [0.2, 0.25) is 0 Å². The molecule has 22 heavy (non-hydrogen) atoms. The molecular formula is C18H20N4. The molecule has 4 heteroatoms. The number of anilines is 2. The maximum absolute atomic E-state index is 4.64. The lowest BCUT2D eigenvalue weighted by molar-refractivity contribution is 1.03. The predicted octanol–water partition coefficient (Wildman–Crippen LogP) is 3.62. The van der Waals surface area contributed by atoms with Crippen LogP contribution in [0.5, 0.6) is 0 Å². The molecule has 0 bridgehead atoms. The average Bonchev–Trinajstić information content (AvgIpc) is 2.53. The first-order chi connectivity index (χ1) is 10.6. The van der Waals surface area contributed by atoms with Gasteiger partial charge in [-0.3, -0.25) is 0 Å². The summed E-state index contributed by atoms with van der Waals surface area (Å²) in [5.41, 5.74) is 3.43. The molecule has 0 saturated carbocycles. The van der Waals surface area contributed by atoms with Crippen LogP contribution in [0.25, 0.3) is 10.9 Å². The summed E-state index contributed by atoms with van der Waals surface area (Å²) in [7, 11) is 4.00. The number of nitrogens with one attached hydrogen (secondary N) is 1. The second-order valence-corrected chi connectivity index (χ2v) is 5.62. The molecule has 0 aliphatic heterocycles. The Kier molecular flexibility index (Phi) is 3.92. The van der Waals surface area contributed by atoms with Gasteiger partial charge in [0.25, 0.3) is 0 Å². The molecule has 0 unspecified atom stereocenters. The van der Waals surface area contributed by atoms with Gasteiger partial charge in [0.1, 0.15) is 5.82 Å². The number of hydrogen-bond donors (Lipinski definition) is 1. The Hall–Kier alpha value is -2.62. The fraction of sp³-hybridized carbons (Fsp3) is 0.222. The third kappa shape index (κ3) is 3.01. The Bertz CT molecular complexity index is 779. The Morgan fingerprint density at radius 3 is 2.41 bits per heavy atom. The number of para-hydroxylation sites is 1. The van der Waals surface area contributed by atoms with Gasteiger partial charge in [0.15, 0.2) is 0 Å². The van der Waals surface area contributed by atoms with Crippen molar-refractivity contribution in [3.8, 4) is 0 Å². The summed E-state index contributed by atoms with van der Waals surface area (Å²) < 4.78 is 0. The largest absolute Gasteiger partial charge is 0.362 e. The molecular weight excluding hydrogens is 272 g/mol. The van der Waals surface area contributed by atoms with E-state index in [4.69, 9.17) is 0 Å². The van der Waals surface area contributed by atoms with Crippen molar-refractivity contribution in [1.82, 2.24) is 9.97 Å². The van der Waals surface area contributed by atoms with Gasteiger partial charge in [-0.1, -0.05) is 42.0 Å². The Morgan fingerprint density at radius 2 is 1.68 bits per heavy atom. The highest BCUT2D eigenvalue weighted by Crippen LogP contribution is 2.23. The highest BCUT2D eigenvalue weighted by atomic mass is 15.2. The fourth-order valence-electron chi connectivity index (χ4n) is 2.37. The number of hydrogen-bond acceptors (Lipinski definition) is 4. The van der Waals surface area contributed by atoms with E-state index in [0.29, 0.717) is 12.5 Å². The molecule has 0 saturated heterocycles. The summed E-state index contributed by atoms with van der Waals surface area (Å²) >= 11 is 0. The summed E-state index contributed by atoms with van der Waals surface area (Å²) in [4.78, 5) is 11.3. The van der Waals surface area contributed by atoms with Crippen molar-refractivity contribution in [3.05, 3.63) is 59.7 Å². The molecule has 1 aromatic heterocycles. The Morgan fingerprint density at radius 1 is 0.955 bits per heavy atom. The maximum atomic E-state index is 4.64. The lowest BCUT2D eigenvalue weighted by atomic mass is 10.1. The average molecular weight is 292 g/mol. The molecule has 1 N–H and O–H groups in total. The van der Waals surface area contributed by atoms with E-state index in [1.165, 1.54) is 11.1 Å².